The maximum Gasteiger partial charge on any atom is 0.137 e. The highest BCUT2D eigenvalue weighted by Gasteiger charge is 2.24. The Kier molecular flexibility index (Phi) is 8.83. The van der Waals surface area contributed by atoms with Crippen LogP contribution in [0.1, 0.15) is 0 Å². The molecule has 3 heteroatoms. The first-order valence-electron chi connectivity index (χ1n) is 21.5. The number of nitrogens with zero attached hydrogens (tertiary/aromatic N) is 2. The molecule has 0 unspecified atom stereocenters. The van der Waals surface area contributed by atoms with Gasteiger partial charge in [-0.05, 0) is 99.6 Å². The van der Waals surface area contributed by atoms with Gasteiger partial charge in [-0.15, -0.1) is 0 Å². The van der Waals surface area contributed by atoms with Crippen LogP contribution in [0.3, 0.4) is 0 Å². The second-order valence-corrected chi connectivity index (χ2v) is 16.0. The van der Waals surface area contributed by atoms with Crippen molar-refractivity contribution in [1.82, 2.24) is 4.57 Å². The van der Waals surface area contributed by atoms with Gasteiger partial charge < -0.3 is 13.9 Å². The van der Waals surface area contributed by atoms with Crippen LogP contribution in [0, 0.1) is 0 Å². The van der Waals surface area contributed by atoms with Gasteiger partial charge in [0.25, 0.3) is 0 Å². The number of fused-ring (bicyclic) bond motifs is 6. The van der Waals surface area contributed by atoms with Gasteiger partial charge in [-0.2, -0.15) is 0 Å². The van der Waals surface area contributed by atoms with E-state index < -0.39 is 0 Å². The minimum absolute atomic E-state index is 0.854. The molecule has 12 rings (SSSR count). The Balaban J connectivity index is 1.04. The molecule has 0 aliphatic carbocycles. The number of anilines is 3. The molecule has 63 heavy (non-hydrogen) atoms. The highest BCUT2D eigenvalue weighted by atomic mass is 16.3. The first-order chi connectivity index (χ1) is 31.3. The minimum Gasteiger partial charge on any atom is -0.456 e. The van der Waals surface area contributed by atoms with Crippen LogP contribution >= 0.6 is 0 Å². The molecule has 0 radical (unpaired) electrons. The third-order valence-electron chi connectivity index (χ3n) is 12.4. The average molecular weight is 805 g/mol. The lowest BCUT2D eigenvalue weighted by Crippen LogP contribution is -2.11. The SMILES string of the molecule is c1ccc(-c2ccccc2-c2ccccc2-c2ccccc2N(c2ccc(-c3ccc4c5ccccc5n(-c5ccccc5)c4c3)cc2)c2cccc3oc4ccccc4c23)cc1. The van der Waals surface area contributed by atoms with Crippen molar-refractivity contribution in [3.63, 3.8) is 0 Å². The quantitative estimate of drug-likeness (QED) is 0.153. The van der Waals surface area contributed by atoms with Crippen molar-refractivity contribution in [3.05, 3.63) is 243 Å². The first-order valence-corrected chi connectivity index (χ1v) is 21.5. The fraction of sp³-hybridized carbons (Fsp3) is 0. The normalized spacial score (nSPS) is 11.5. The molecule has 0 fully saturated rings. The highest BCUT2D eigenvalue weighted by molar-refractivity contribution is 6.14. The standard InChI is InChI=1S/C60H40N2O/c1-3-18-42(19-4-1)46-22-7-8-23-47(46)48-24-9-10-25-49(48)50-26-11-14-29-54(50)61(56-31-17-33-59-60(56)53-28-13-16-32-58(53)63-59)45-37-34-41(35-38-45)43-36-39-52-51-27-12-15-30-55(51)62(57(52)40-43)44-20-5-2-6-21-44/h1-40H. The largest absolute Gasteiger partial charge is 0.456 e. The smallest absolute Gasteiger partial charge is 0.137 e. The molecule has 3 nitrogen and oxygen atoms in total. The molecule has 0 aliphatic heterocycles. The molecule has 0 saturated carbocycles. The molecule has 0 saturated heterocycles. The lowest BCUT2D eigenvalue weighted by Gasteiger charge is -2.29. The maximum absolute atomic E-state index is 6.51. The maximum atomic E-state index is 6.51. The Morgan fingerprint density at radius 2 is 0.857 bits per heavy atom. The molecular formula is C60H40N2O. The summed E-state index contributed by atoms with van der Waals surface area (Å²) in [5.74, 6) is 0. The van der Waals surface area contributed by atoms with E-state index in [2.05, 4.69) is 246 Å². The van der Waals surface area contributed by atoms with E-state index in [0.29, 0.717) is 0 Å². The van der Waals surface area contributed by atoms with Gasteiger partial charge in [0.05, 0.1) is 27.8 Å². The number of benzene rings is 10. The van der Waals surface area contributed by atoms with Crippen molar-refractivity contribution in [2.24, 2.45) is 0 Å². The van der Waals surface area contributed by atoms with Crippen LogP contribution in [0.15, 0.2) is 247 Å². The molecular weight excluding hydrogens is 765 g/mol. The van der Waals surface area contributed by atoms with Crippen LogP contribution in [0.25, 0.3) is 93.9 Å². The summed E-state index contributed by atoms with van der Waals surface area (Å²) in [7, 11) is 0. The molecule has 0 aliphatic rings. The first kappa shape index (κ1) is 36.5. The van der Waals surface area contributed by atoms with Crippen molar-refractivity contribution < 1.29 is 4.42 Å². The van der Waals surface area contributed by atoms with Gasteiger partial charge >= 0.3 is 0 Å². The van der Waals surface area contributed by atoms with E-state index in [0.717, 1.165) is 66.9 Å². The molecule has 0 spiro atoms. The zero-order valence-electron chi connectivity index (χ0n) is 34.4. The summed E-state index contributed by atoms with van der Waals surface area (Å²) in [4.78, 5) is 2.42. The van der Waals surface area contributed by atoms with Crippen molar-refractivity contribution in [2.75, 3.05) is 4.90 Å². The summed E-state index contributed by atoms with van der Waals surface area (Å²) in [5.41, 5.74) is 17.8. The van der Waals surface area contributed by atoms with Crippen molar-refractivity contribution in [1.29, 1.82) is 0 Å². The molecule has 2 aromatic heterocycles. The summed E-state index contributed by atoms with van der Waals surface area (Å²) >= 11 is 0. The van der Waals surface area contributed by atoms with E-state index in [1.807, 2.05) is 6.07 Å². The zero-order valence-corrected chi connectivity index (χ0v) is 34.4. The van der Waals surface area contributed by atoms with Crippen LogP contribution in [0.5, 0.6) is 0 Å². The summed E-state index contributed by atoms with van der Waals surface area (Å²) in [6.45, 7) is 0. The lowest BCUT2D eigenvalue weighted by atomic mass is 9.88. The van der Waals surface area contributed by atoms with Gasteiger partial charge in [-0.25, -0.2) is 0 Å². The summed E-state index contributed by atoms with van der Waals surface area (Å²) in [6.07, 6.45) is 0. The Morgan fingerprint density at radius 1 is 0.317 bits per heavy atom. The molecule has 0 N–H and O–H groups in total. The van der Waals surface area contributed by atoms with Crippen LogP contribution < -0.4 is 4.90 Å². The predicted molar refractivity (Wildman–Crippen MR) is 264 cm³/mol. The number of aromatic nitrogens is 1. The van der Waals surface area contributed by atoms with Gasteiger partial charge in [0, 0.05) is 33.1 Å². The third-order valence-corrected chi connectivity index (χ3v) is 12.4. The van der Waals surface area contributed by atoms with E-state index in [1.165, 1.54) is 44.1 Å². The predicted octanol–water partition coefficient (Wildman–Crippen LogP) is 16.8. The Labute approximate surface area is 366 Å². The number of para-hydroxylation sites is 4. The number of furan rings is 1. The number of rotatable bonds is 8. The van der Waals surface area contributed by atoms with Crippen molar-refractivity contribution in [3.8, 4) is 50.2 Å². The van der Waals surface area contributed by atoms with Crippen LogP contribution in [0.2, 0.25) is 0 Å². The molecule has 10 aromatic carbocycles. The van der Waals surface area contributed by atoms with E-state index in [-0.39, 0.29) is 0 Å². The molecule has 12 aromatic rings. The second-order valence-electron chi connectivity index (χ2n) is 16.0. The Hall–Kier alpha value is -8.40. The van der Waals surface area contributed by atoms with E-state index in [1.54, 1.807) is 0 Å². The monoisotopic (exact) mass is 804 g/mol. The van der Waals surface area contributed by atoms with Crippen molar-refractivity contribution >= 4 is 60.8 Å². The third kappa shape index (κ3) is 6.21. The van der Waals surface area contributed by atoms with Gasteiger partial charge in [0.1, 0.15) is 11.2 Å². The fourth-order valence-corrected chi connectivity index (χ4v) is 9.60. The average Bonchev–Trinajstić information content (AvgIpc) is 3.91. The summed E-state index contributed by atoms with van der Waals surface area (Å²) < 4.78 is 8.89. The van der Waals surface area contributed by atoms with Gasteiger partial charge in [0.2, 0.25) is 0 Å². The summed E-state index contributed by atoms with van der Waals surface area (Å²) in [5, 5.41) is 4.65. The van der Waals surface area contributed by atoms with Gasteiger partial charge in [0.15, 0.2) is 0 Å². The highest BCUT2D eigenvalue weighted by Crippen LogP contribution is 2.48. The Bertz CT molecular complexity index is 3620. The Morgan fingerprint density at radius 3 is 1.63 bits per heavy atom. The van der Waals surface area contributed by atoms with Gasteiger partial charge in [-0.3, -0.25) is 0 Å². The zero-order chi connectivity index (χ0) is 41.7. The molecule has 0 amide bonds. The summed E-state index contributed by atoms with van der Waals surface area (Å²) in [6, 6.07) is 87.1. The van der Waals surface area contributed by atoms with E-state index in [4.69, 9.17) is 4.42 Å². The number of hydrogen-bond donors (Lipinski definition) is 0. The molecule has 2 heterocycles. The minimum atomic E-state index is 0.854. The van der Waals surface area contributed by atoms with Crippen LogP contribution in [-0.2, 0) is 0 Å². The van der Waals surface area contributed by atoms with E-state index >= 15 is 0 Å². The molecule has 296 valence electrons. The lowest BCUT2D eigenvalue weighted by molar-refractivity contribution is 0.669. The number of hydrogen-bond acceptors (Lipinski definition) is 2. The fourth-order valence-electron chi connectivity index (χ4n) is 9.60. The van der Waals surface area contributed by atoms with Crippen LogP contribution in [0.4, 0.5) is 17.1 Å². The van der Waals surface area contributed by atoms with Crippen LogP contribution in [-0.4, -0.2) is 4.57 Å². The van der Waals surface area contributed by atoms with Crippen molar-refractivity contribution in [2.45, 2.75) is 0 Å². The van der Waals surface area contributed by atoms with Gasteiger partial charge in [-0.1, -0.05) is 182 Å². The second kappa shape index (κ2) is 15.3. The topological polar surface area (TPSA) is 21.3 Å². The molecule has 0 bridgehead atoms. The molecule has 0 atom stereocenters. The van der Waals surface area contributed by atoms with E-state index in [9.17, 15) is 0 Å².